The molecule has 1 aliphatic carbocycles. The Morgan fingerprint density at radius 1 is 0.292 bits per heavy atom. The molecule has 0 amide bonds. The summed E-state index contributed by atoms with van der Waals surface area (Å²) >= 11 is 0. The van der Waals surface area contributed by atoms with Gasteiger partial charge in [-0.25, -0.2) is 0 Å². The normalized spacial score (nSPS) is 24.8. The SMILES string of the molecule is C/C=C\C.C/C=C\C.C/C=C\C.C/C=C\C.CC1C(C)C(C)C1C. The molecule has 0 aliphatic heterocycles. The molecule has 0 radical (unpaired) electrons. The van der Waals surface area contributed by atoms with E-state index in [9.17, 15) is 0 Å². The molecule has 0 heterocycles. The first-order valence-electron chi connectivity index (χ1n) is 9.59. The Morgan fingerprint density at radius 3 is 0.417 bits per heavy atom. The van der Waals surface area contributed by atoms with Gasteiger partial charge in [0.2, 0.25) is 0 Å². The monoisotopic (exact) mass is 336 g/mol. The third-order valence-electron chi connectivity index (χ3n) is 4.65. The second-order valence-corrected chi connectivity index (χ2v) is 6.10. The van der Waals surface area contributed by atoms with Crippen LogP contribution in [0, 0.1) is 23.7 Å². The average Bonchev–Trinajstić information content (AvgIpc) is 2.66. The van der Waals surface area contributed by atoms with E-state index in [-0.39, 0.29) is 0 Å². The molecule has 0 aromatic carbocycles. The zero-order valence-electron chi connectivity index (χ0n) is 18.9. The van der Waals surface area contributed by atoms with Crippen LogP contribution in [-0.4, -0.2) is 0 Å². The van der Waals surface area contributed by atoms with Gasteiger partial charge in [-0.3, -0.25) is 0 Å². The lowest BCUT2D eigenvalue weighted by Gasteiger charge is -2.45. The molecule has 0 aromatic rings. The quantitative estimate of drug-likeness (QED) is 0.387. The van der Waals surface area contributed by atoms with Crippen molar-refractivity contribution < 1.29 is 0 Å². The Hall–Kier alpha value is -1.04. The van der Waals surface area contributed by atoms with E-state index in [1.165, 1.54) is 0 Å². The van der Waals surface area contributed by atoms with Gasteiger partial charge in [-0.1, -0.05) is 76.3 Å². The molecule has 0 heteroatoms. The molecule has 0 nitrogen and oxygen atoms in total. The van der Waals surface area contributed by atoms with Crippen molar-refractivity contribution in [1.29, 1.82) is 0 Å². The summed E-state index contributed by atoms with van der Waals surface area (Å²) in [6, 6.07) is 0. The molecule has 0 N–H and O–H groups in total. The predicted octanol–water partition coefficient (Wildman–Crippen LogP) is 8.87. The lowest BCUT2D eigenvalue weighted by molar-refractivity contribution is 0.0302. The highest BCUT2D eigenvalue weighted by molar-refractivity contribution is 4.86. The fourth-order valence-corrected chi connectivity index (χ4v) is 1.77. The molecule has 144 valence electrons. The molecule has 1 fully saturated rings. The standard InChI is InChI=1S/C8H16.4C4H8/c1-5-6(2)8(4)7(5)3;4*1-3-4-2/h5-8H,1-4H3;4*3-4H,1-2H3/b;4*4-3-. The molecule has 1 rings (SSSR count). The molecular weight excluding hydrogens is 288 g/mol. The number of hydrogen-bond acceptors (Lipinski definition) is 0. The molecule has 24 heavy (non-hydrogen) atoms. The van der Waals surface area contributed by atoms with E-state index in [1.807, 2.05) is 104 Å². The Morgan fingerprint density at radius 2 is 0.375 bits per heavy atom. The molecule has 0 unspecified atom stereocenters. The first-order valence-corrected chi connectivity index (χ1v) is 9.59. The largest absolute Gasteiger partial charge is 0.0919 e. The van der Waals surface area contributed by atoms with Gasteiger partial charge in [0.05, 0.1) is 0 Å². The van der Waals surface area contributed by atoms with E-state index in [0.717, 1.165) is 23.7 Å². The highest BCUT2D eigenvalue weighted by Gasteiger charge is 2.38. The lowest BCUT2D eigenvalue weighted by Crippen LogP contribution is -2.39. The summed E-state index contributed by atoms with van der Waals surface area (Å²) in [4.78, 5) is 0. The molecule has 0 bridgehead atoms. The van der Waals surface area contributed by atoms with E-state index >= 15 is 0 Å². The van der Waals surface area contributed by atoms with Crippen molar-refractivity contribution in [2.75, 3.05) is 0 Å². The van der Waals surface area contributed by atoms with Gasteiger partial charge in [-0.2, -0.15) is 0 Å². The van der Waals surface area contributed by atoms with Crippen molar-refractivity contribution in [1.82, 2.24) is 0 Å². The van der Waals surface area contributed by atoms with Gasteiger partial charge in [0.1, 0.15) is 0 Å². The van der Waals surface area contributed by atoms with Crippen molar-refractivity contribution in [2.24, 2.45) is 23.7 Å². The maximum atomic E-state index is 2.36. The van der Waals surface area contributed by atoms with Gasteiger partial charge >= 0.3 is 0 Å². The highest BCUT2D eigenvalue weighted by atomic mass is 14.4. The summed E-state index contributed by atoms with van der Waals surface area (Å²) in [7, 11) is 0. The average molecular weight is 337 g/mol. The third-order valence-corrected chi connectivity index (χ3v) is 4.65. The van der Waals surface area contributed by atoms with Gasteiger partial charge in [-0.15, -0.1) is 0 Å². The summed E-state index contributed by atoms with van der Waals surface area (Å²) < 4.78 is 0. The number of rotatable bonds is 0. The van der Waals surface area contributed by atoms with Crippen molar-refractivity contribution in [3.63, 3.8) is 0 Å². The maximum absolute atomic E-state index is 2.36. The molecular formula is C24H48. The van der Waals surface area contributed by atoms with Crippen LogP contribution in [0.3, 0.4) is 0 Å². The van der Waals surface area contributed by atoms with Crippen LogP contribution >= 0.6 is 0 Å². The fraction of sp³-hybridized carbons (Fsp3) is 0.667. The first-order chi connectivity index (χ1) is 11.3. The van der Waals surface area contributed by atoms with E-state index in [4.69, 9.17) is 0 Å². The Kier molecular flexibility index (Phi) is 34.4. The summed E-state index contributed by atoms with van der Waals surface area (Å²) in [5, 5.41) is 0. The molecule has 0 atom stereocenters. The van der Waals surface area contributed by atoms with Crippen molar-refractivity contribution >= 4 is 0 Å². The lowest BCUT2D eigenvalue weighted by atomic mass is 9.60. The van der Waals surface area contributed by atoms with Crippen LogP contribution < -0.4 is 0 Å². The second-order valence-electron chi connectivity index (χ2n) is 6.10. The minimum atomic E-state index is 0.977. The van der Waals surface area contributed by atoms with Crippen LogP contribution in [-0.2, 0) is 0 Å². The Labute approximate surface area is 155 Å². The topological polar surface area (TPSA) is 0 Å². The van der Waals surface area contributed by atoms with E-state index in [0.29, 0.717) is 0 Å². The second kappa shape index (κ2) is 26.8. The van der Waals surface area contributed by atoms with Crippen LogP contribution in [0.25, 0.3) is 0 Å². The van der Waals surface area contributed by atoms with Gasteiger partial charge in [0.15, 0.2) is 0 Å². The van der Waals surface area contributed by atoms with Crippen LogP contribution in [0.5, 0.6) is 0 Å². The minimum absolute atomic E-state index is 0.977. The molecule has 1 saturated carbocycles. The molecule has 0 aromatic heterocycles. The predicted molar refractivity (Wildman–Crippen MR) is 119 cm³/mol. The molecule has 1 aliphatic rings. The van der Waals surface area contributed by atoms with Crippen molar-refractivity contribution in [3.05, 3.63) is 48.6 Å². The van der Waals surface area contributed by atoms with E-state index in [2.05, 4.69) is 27.7 Å². The highest BCUT2D eigenvalue weighted by Crippen LogP contribution is 2.44. The zero-order valence-corrected chi connectivity index (χ0v) is 18.9. The van der Waals surface area contributed by atoms with Crippen LogP contribution in [0.15, 0.2) is 48.6 Å². The van der Waals surface area contributed by atoms with Gasteiger partial charge in [0.25, 0.3) is 0 Å². The van der Waals surface area contributed by atoms with Crippen LogP contribution in [0.1, 0.15) is 83.1 Å². The van der Waals surface area contributed by atoms with E-state index in [1.54, 1.807) is 0 Å². The first kappa shape index (κ1) is 30.8. The van der Waals surface area contributed by atoms with Crippen molar-refractivity contribution in [2.45, 2.75) is 83.1 Å². The van der Waals surface area contributed by atoms with Crippen LogP contribution in [0.2, 0.25) is 0 Å². The fourth-order valence-electron chi connectivity index (χ4n) is 1.77. The minimum Gasteiger partial charge on any atom is -0.0919 e. The summed E-state index contributed by atoms with van der Waals surface area (Å²) in [6.07, 6.45) is 16.0. The Balaban J connectivity index is -0.000000110. The smallest absolute Gasteiger partial charge is 0.0386 e. The van der Waals surface area contributed by atoms with Gasteiger partial charge in [0, 0.05) is 0 Å². The van der Waals surface area contributed by atoms with Crippen molar-refractivity contribution in [3.8, 4) is 0 Å². The maximum Gasteiger partial charge on any atom is -0.0386 e. The number of hydrogen-bond donors (Lipinski definition) is 0. The molecule has 0 saturated heterocycles. The molecule has 0 spiro atoms. The van der Waals surface area contributed by atoms with Crippen LogP contribution in [0.4, 0.5) is 0 Å². The summed E-state index contributed by atoms with van der Waals surface area (Å²) in [5.41, 5.74) is 0. The van der Waals surface area contributed by atoms with E-state index < -0.39 is 0 Å². The number of allylic oxidation sites excluding steroid dienone is 8. The van der Waals surface area contributed by atoms with Gasteiger partial charge in [-0.05, 0) is 79.1 Å². The third kappa shape index (κ3) is 23.2. The zero-order chi connectivity index (χ0) is 20.0. The summed E-state index contributed by atoms with van der Waals surface area (Å²) in [6.45, 7) is 25.4. The summed E-state index contributed by atoms with van der Waals surface area (Å²) in [5.74, 6) is 3.91. The van der Waals surface area contributed by atoms with Gasteiger partial charge < -0.3 is 0 Å². The Bertz CT molecular complexity index is 216.